The first-order valence-corrected chi connectivity index (χ1v) is 24.3. The molecule has 3 fully saturated rings. The average molecular weight is 1040 g/mol. The molecule has 24 nitrogen and oxygen atoms in total. The van der Waals surface area contributed by atoms with Gasteiger partial charge in [0.25, 0.3) is 0 Å². The number of phenolic OH excluding ortho intramolecular Hbond substituents is 2. The molecule has 0 bridgehead atoms. The average Bonchev–Trinajstić information content (AvgIpc) is 3.85. The number of Topliss-reactive ketones (excluding diaryl/α,β-unsaturated/α-hetero) is 1. The summed E-state index contributed by atoms with van der Waals surface area (Å²) in [7, 11) is 1.30. The minimum atomic E-state index is -2.35. The van der Waals surface area contributed by atoms with E-state index >= 15 is 0 Å². The molecule has 2 aliphatic carbocycles. The lowest BCUT2D eigenvalue weighted by Crippen LogP contribution is -2.58. The number of carbonyl (C=O) groups excluding carboxylic acids is 5. The molecule has 3 saturated heterocycles. The maximum atomic E-state index is 14.1. The molecule has 402 valence electrons. The second-order valence-electron chi connectivity index (χ2n) is 19.0. The smallest absolute Gasteiger partial charge is 0.412 e. The van der Waals surface area contributed by atoms with Crippen molar-refractivity contribution in [2.24, 2.45) is 5.73 Å². The van der Waals surface area contributed by atoms with Crippen LogP contribution in [0.2, 0.25) is 0 Å². The standard InChI is InChI=1S/C50H62N4O20/c1-22-40(58)28(17-35(71-22)73-31-19-50(67,32(56)20-55)18-26-37(31)45(63)39-38(43(26)61)42(60)25-6-4-7-30(68-3)36(25)44(39)62)52-13-5-8-34-54(14-15-69-34)49(66)70-21-24-9-10-29(27(16-24)53-33(57)11-12-51)74-48-47(65)46(64)41(59)23(2)72-48/h4,6-7,9-10,16,22-23,28,31,34-35,40-41,46-48,52,55,58-59,61,63-65,67H,5,8,11-15,17-21,51H2,1-3H3,(H,53,57)/t22?,23-,28?,31?,34?,35?,40?,41-,46+,47-,48?,50+/m1/s1. The van der Waals surface area contributed by atoms with Crippen LogP contribution in [0.25, 0.3) is 0 Å². The summed E-state index contributed by atoms with van der Waals surface area (Å²) in [6.45, 7) is 2.59. The molecule has 0 saturated carbocycles. The largest absolute Gasteiger partial charge is 0.507 e. The van der Waals surface area contributed by atoms with E-state index in [9.17, 15) is 64.8 Å². The van der Waals surface area contributed by atoms with Gasteiger partial charge in [0, 0.05) is 55.0 Å². The van der Waals surface area contributed by atoms with Gasteiger partial charge in [-0.05, 0) is 57.0 Å². The van der Waals surface area contributed by atoms with Crippen molar-refractivity contribution in [2.45, 2.75) is 132 Å². The molecule has 8 rings (SSSR count). The summed E-state index contributed by atoms with van der Waals surface area (Å²) in [6, 6.07) is 8.16. The third-order valence-electron chi connectivity index (χ3n) is 14.1. The summed E-state index contributed by atoms with van der Waals surface area (Å²) < 4.78 is 40.6. The third-order valence-corrected chi connectivity index (χ3v) is 14.1. The minimum absolute atomic E-state index is 0.0178. The van der Waals surface area contributed by atoms with Crippen molar-refractivity contribution in [2.75, 3.05) is 45.3 Å². The van der Waals surface area contributed by atoms with E-state index in [1.807, 2.05) is 0 Å². The predicted octanol–water partition coefficient (Wildman–Crippen LogP) is -0.0989. The lowest BCUT2D eigenvalue weighted by molar-refractivity contribution is -0.268. The molecule has 5 aliphatic rings. The summed E-state index contributed by atoms with van der Waals surface area (Å²) in [4.78, 5) is 68.4. The van der Waals surface area contributed by atoms with Crippen LogP contribution in [0.15, 0.2) is 36.4 Å². The molecule has 0 radical (unpaired) electrons. The van der Waals surface area contributed by atoms with Gasteiger partial charge in [-0.1, -0.05) is 18.2 Å². The van der Waals surface area contributed by atoms with E-state index in [2.05, 4.69) is 10.6 Å². The van der Waals surface area contributed by atoms with E-state index in [1.54, 1.807) is 13.0 Å². The van der Waals surface area contributed by atoms with Gasteiger partial charge in [0.1, 0.15) is 66.4 Å². The molecule has 12 atom stereocenters. The fourth-order valence-electron chi connectivity index (χ4n) is 10.1. The number of hydrogen-bond donors (Lipinski definition) is 11. The van der Waals surface area contributed by atoms with E-state index in [4.69, 9.17) is 38.9 Å². The molecule has 24 heteroatoms. The molecule has 2 amide bonds. The van der Waals surface area contributed by atoms with Gasteiger partial charge in [-0.2, -0.15) is 0 Å². The third kappa shape index (κ3) is 10.7. The number of ketones is 3. The number of benzene rings is 3. The molecule has 74 heavy (non-hydrogen) atoms. The van der Waals surface area contributed by atoms with Crippen LogP contribution in [0, 0.1) is 0 Å². The SMILES string of the molecule is COc1cccc2c1C(=O)c1c(O)c3c(c(O)c1C2=O)C[C@@](O)(C(=O)CO)CC3OC1CC(NCCCC2OCCN2C(=O)OCc2ccc(OC3O[C@H](C)[C@@H](O)[C@H](O)[C@H]3O)c(NC(=O)CCN)c2)C(O)C(C)O1. The van der Waals surface area contributed by atoms with E-state index in [0.29, 0.717) is 24.9 Å². The van der Waals surface area contributed by atoms with Crippen LogP contribution in [0.5, 0.6) is 23.0 Å². The first-order valence-electron chi connectivity index (χ1n) is 24.3. The second kappa shape index (κ2) is 22.5. The van der Waals surface area contributed by atoms with E-state index in [1.165, 1.54) is 49.3 Å². The van der Waals surface area contributed by atoms with Crippen LogP contribution < -0.4 is 25.8 Å². The number of nitrogens with zero attached hydrogens (tertiary/aromatic N) is 1. The first kappa shape index (κ1) is 54.4. The van der Waals surface area contributed by atoms with Crippen LogP contribution >= 0.6 is 0 Å². The highest BCUT2D eigenvalue weighted by Gasteiger charge is 2.51. The topological polar surface area (TPSA) is 365 Å². The second-order valence-corrected chi connectivity index (χ2v) is 19.0. The number of hydrogen-bond acceptors (Lipinski definition) is 22. The maximum absolute atomic E-state index is 14.1. The number of nitrogens with two attached hydrogens (primary N) is 1. The quantitative estimate of drug-likeness (QED) is 0.0486. The molecule has 3 aromatic carbocycles. The van der Waals surface area contributed by atoms with Gasteiger partial charge in [-0.3, -0.25) is 24.1 Å². The van der Waals surface area contributed by atoms with E-state index in [-0.39, 0.29) is 78.6 Å². The van der Waals surface area contributed by atoms with Crippen molar-refractivity contribution < 1.29 is 98.0 Å². The lowest BCUT2D eigenvalue weighted by Gasteiger charge is -2.43. The summed E-state index contributed by atoms with van der Waals surface area (Å²) >= 11 is 0. The highest BCUT2D eigenvalue weighted by atomic mass is 16.7. The maximum Gasteiger partial charge on any atom is 0.412 e. The normalized spacial score (nSPS) is 29.5. The number of anilines is 1. The number of methoxy groups -OCH3 is 1. The number of rotatable bonds is 17. The zero-order valence-electron chi connectivity index (χ0n) is 40.8. The molecule has 3 heterocycles. The van der Waals surface area contributed by atoms with Crippen molar-refractivity contribution in [1.82, 2.24) is 10.2 Å². The van der Waals surface area contributed by atoms with Crippen LogP contribution in [0.4, 0.5) is 10.5 Å². The Labute approximate surface area is 423 Å². The summed E-state index contributed by atoms with van der Waals surface area (Å²) in [5.74, 6) is -4.47. The van der Waals surface area contributed by atoms with E-state index < -0.39 is 145 Å². The molecule has 12 N–H and O–H groups in total. The Morgan fingerprint density at radius 3 is 2.39 bits per heavy atom. The fourth-order valence-corrected chi connectivity index (χ4v) is 10.1. The number of aliphatic hydroxyl groups is 6. The van der Waals surface area contributed by atoms with Crippen molar-refractivity contribution in [3.63, 3.8) is 0 Å². The van der Waals surface area contributed by atoms with Gasteiger partial charge in [0.2, 0.25) is 18.0 Å². The number of aromatic hydroxyl groups is 2. The monoisotopic (exact) mass is 1040 g/mol. The molecular weight excluding hydrogens is 977 g/mol. The molecule has 3 aromatic rings. The number of ether oxygens (including phenoxy) is 7. The predicted molar refractivity (Wildman–Crippen MR) is 253 cm³/mol. The van der Waals surface area contributed by atoms with Crippen molar-refractivity contribution in [3.8, 4) is 23.0 Å². The minimum Gasteiger partial charge on any atom is -0.507 e. The van der Waals surface area contributed by atoms with Gasteiger partial charge in [0.15, 0.2) is 17.9 Å². The Kier molecular flexibility index (Phi) is 16.6. The van der Waals surface area contributed by atoms with Crippen molar-refractivity contribution in [3.05, 3.63) is 75.3 Å². The molecule has 0 spiro atoms. The zero-order valence-corrected chi connectivity index (χ0v) is 40.8. The zero-order chi connectivity index (χ0) is 53.3. The Balaban J connectivity index is 0.902. The highest BCUT2D eigenvalue weighted by molar-refractivity contribution is 6.31. The first-order chi connectivity index (χ1) is 35.3. The van der Waals surface area contributed by atoms with E-state index in [0.717, 1.165) is 0 Å². The van der Waals surface area contributed by atoms with Crippen molar-refractivity contribution >= 4 is 35.0 Å². The van der Waals surface area contributed by atoms with Crippen LogP contribution in [0.3, 0.4) is 0 Å². The number of phenols is 2. The Morgan fingerprint density at radius 2 is 1.66 bits per heavy atom. The Hall–Kier alpha value is -5.87. The molecule has 0 aromatic heterocycles. The number of amides is 2. The number of carbonyl (C=O) groups is 5. The molecule has 3 aliphatic heterocycles. The fraction of sp³-hybridized carbons (Fsp3) is 0.540. The van der Waals surface area contributed by atoms with Gasteiger partial charge in [-0.25, -0.2) is 4.79 Å². The van der Waals surface area contributed by atoms with Gasteiger partial charge >= 0.3 is 6.09 Å². The van der Waals surface area contributed by atoms with Crippen LogP contribution in [-0.4, -0.2) is 182 Å². The summed E-state index contributed by atoms with van der Waals surface area (Å²) in [5, 5.41) is 93.2. The van der Waals surface area contributed by atoms with Crippen LogP contribution in [0.1, 0.15) is 101 Å². The van der Waals surface area contributed by atoms with Gasteiger partial charge in [0.05, 0.1) is 67.1 Å². The Morgan fingerprint density at radius 1 is 0.919 bits per heavy atom. The number of fused-ring (bicyclic) bond motifs is 3. The van der Waals surface area contributed by atoms with Gasteiger partial charge < -0.3 is 90.4 Å². The molecular formula is C50H62N4O20. The lowest BCUT2D eigenvalue weighted by atomic mass is 9.72. The number of aliphatic hydroxyl groups excluding tert-OH is 5. The highest BCUT2D eigenvalue weighted by Crippen LogP contribution is 2.52. The summed E-state index contributed by atoms with van der Waals surface area (Å²) in [5.41, 5.74) is 2.10. The van der Waals surface area contributed by atoms with Crippen LogP contribution in [-0.2, 0) is 46.3 Å². The van der Waals surface area contributed by atoms with Gasteiger partial charge in [-0.15, -0.1) is 0 Å². The summed E-state index contributed by atoms with van der Waals surface area (Å²) in [6.07, 6.45) is -13.2. The number of nitrogens with one attached hydrogen (secondary N) is 2. The van der Waals surface area contributed by atoms with Crippen molar-refractivity contribution in [1.29, 1.82) is 0 Å². The molecule has 7 unspecified atom stereocenters. The Bertz CT molecular complexity index is 2630.